The minimum Gasteiger partial charge on any atom is -0.490 e. The van der Waals surface area contributed by atoms with E-state index < -0.39 is 0 Å². The predicted molar refractivity (Wildman–Crippen MR) is 124 cm³/mol. The number of halogens is 1. The second-order valence-electron chi connectivity index (χ2n) is 6.24. The Labute approximate surface area is 183 Å². The largest absolute Gasteiger partial charge is 0.490 e. The molecule has 0 amide bonds. The van der Waals surface area contributed by atoms with Crippen molar-refractivity contribution < 1.29 is 9.47 Å². The van der Waals surface area contributed by atoms with Crippen molar-refractivity contribution in [1.82, 2.24) is 4.98 Å². The molecule has 1 aromatic heterocycles. The third kappa shape index (κ3) is 5.88. The average Bonchev–Trinajstić information content (AvgIpc) is 2.93. The molecule has 3 N–H and O–H groups in total. The fourth-order valence-corrected chi connectivity index (χ4v) is 2.85. The Morgan fingerprint density at radius 1 is 1.14 bits per heavy atom. The highest BCUT2D eigenvalue weighted by Gasteiger charge is 2.11. The summed E-state index contributed by atoms with van der Waals surface area (Å²) in [5, 5.41) is 3.09. The Bertz CT molecular complexity index is 779. The number of guanidine groups is 1. The smallest absolute Gasteiger partial charge is 0.193 e. The number of rotatable bonds is 6. The Morgan fingerprint density at radius 3 is 2.57 bits per heavy atom. The average molecular weight is 497 g/mol. The quantitative estimate of drug-likeness (QED) is 0.360. The normalized spacial score (nSPS) is 13.3. The van der Waals surface area contributed by atoms with E-state index in [-0.39, 0.29) is 24.0 Å². The highest BCUT2D eigenvalue weighted by molar-refractivity contribution is 14.0. The van der Waals surface area contributed by atoms with Crippen LogP contribution < -0.4 is 25.4 Å². The lowest BCUT2D eigenvalue weighted by Crippen LogP contribution is -2.23. The van der Waals surface area contributed by atoms with Gasteiger partial charge in [0.15, 0.2) is 17.5 Å². The van der Waals surface area contributed by atoms with Gasteiger partial charge in [0.25, 0.3) is 0 Å². The third-order valence-electron chi connectivity index (χ3n) is 4.35. The maximum atomic E-state index is 6.02. The van der Waals surface area contributed by atoms with Gasteiger partial charge in [-0.25, -0.2) is 9.98 Å². The number of ether oxygens (including phenoxy) is 2. The van der Waals surface area contributed by atoms with Gasteiger partial charge in [-0.1, -0.05) is 6.07 Å². The van der Waals surface area contributed by atoms with Crippen molar-refractivity contribution in [2.45, 2.75) is 26.8 Å². The number of pyridine rings is 1. The molecule has 0 unspecified atom stereocenters. The monoisotopic (exact) mass is 497 g/mol. The van der Waals surface area contributed by atoms with Gasteiger partial charge in [0.1, 0.15) is 5.82 Å². The molecule has 0 spiro atoms. The second-order valence-corrected chi connectivity index (χ2v) is 6.24. The molecule has 0 fully saturated rings. The second kappa shape index (κ2) is 10.9. The van der Waals surface area contributed by atoms with Gasteiger partial charge >= 0.3 is 0 Å². The number of aliphatic imine (C=N–C) groups is 1. The van der Waals surface area contributed by atoms with Crippen molar-refractivity contribution in [1.29, 1.82) is 0 Å². The molecular weight excluding hydrogens is 469 g/mol. The van der Waals surface area contributed by atoms with E-state index in [1.807, 2.05) is 36.5 Å². The summed E-state index contributed by atoms with van der Waals surface area (Å²) in [7, 11) is 0. The fraction of sp³-hybridized carbons (Fsp3) is 0.400. The van der Waals surface area contributed by atoms with Crippen LogP contribution in [-0.2, 0) is 6.54 Å². The molecular formula is C20H28IN5O2. The van der Waals surface area contributed by atoms with Crippen molar-refractivity contribution in [2.24, 2.45) is 10.7 Å². The maximum Gasteiger partial charge on any atom is 0.193 e. The van der Waals surface area contributed by atoms with Crippen LogP contribution >= 0.6 is 24.0 Å². The molecule has 0 saturated heterocycles. The lowest BCUT2D eigenvalue weighted by Gasteiger charge is -2.19. The highest BCUT2D eigenvalue weighted by Crippen LogP contribution is 2.32. The number of nitrogens with zero attached hydrogens (tertiary/aromatic N) is 3. The molecule has 1 aromatic carbocycles. The molecule has 0 bridgehead atoms. The zero-order valence-corrected chi connectivity index (χ0v) is 18.7. The molecule has 7 nitrogen and oxygen atoms in total. The topological polar surface area (TPSA) is 85.0 Å². The summed E-state index contributed by atoms with van der Waals surface area (Å²) in [6, 6.07) is 9.71. The van der Waals surface area contributed by atoms with Gasteiger partial charge < -0.3 is 25.4 Å². The van der Waals surface area contributed by atoms with Gasteiger partial charge in [0.2, 0.25) is 0 Å². The van der Waals surface area contributed by atoms with Crippen LogP contribution in [0.15, 0.2) is 41.5 Å². The molecule has 28 heavy (non-hydrogen) atoms. The first kappa shape index (κ1) is 22.1. The summed E-state index contributed by atoms with van der Waals surface area (Å²) in [6.45, 7) is 7.90. The van der Waals surface area contributed by atoms with Crippen molar-refractivity contribution in [3.63, 3.8) is 0 Å². The lowest BCUT2D eigenvalue weighted by molar-refractivity contribution is 0.297. The van der Waals surface area contributed by atoms with Gasteiger partial charge in [-0.15, -0.1) is 24.0 Å². The summed E-state index contributed by atoms with van der Waals surface area (Å²) in [6.07, 6.45) is 2.72. The number of hydrogen-bond acceptors (Lipinski definition) is 5. The van der Waals surface area contributed by atoms with Crippen molar-refractivity contribution in [3.8, 4) is 11.5 Å². The van der Waals surface area contributed by atoms with Crippen LogP contribution in [0.1, 0.15) is 25.8 Å². The summed E-state index contributed by atoms with van der Waals surface area (Å²) in [4.78, 5) is 11.1. The summed E-state index contributed by atoms with van der Waals surface area (Å²) < 4.78 is 11.3. The van der Waals surface area contributed by atoms with E-state index in [4.69, 9.17) is 15.2 Å². The van der Waals surface area contributed by atoms with E-state index in [9.17, 15) is 0 Å². The van der Waals surface area contributed by atoms with Crippen molar-refractivity contribution in [3.05, 3.63) is 42.1 Å². The molecule has 0 radical (unpaired) electrons. The molecule has 8 heteroatoms. The maximum absolute atomic E-state index is 6.02. The van der Waals surface area contributed by atoms with Gasteiger partial charge in [-0.05, 0) is 37.6 Å². The molecule has 2 aromatic rings. The fourth-order valence-electron chi connectivity index (χ4n) is 2.85. The highest BCUT2D eigenvalue weighted by atomic mass is 127. The number of nitrogens with two attached hydrogens (primary N) is 1. The van der Waals surface area contributed by atoms with Crippen LogP contribution in [-0.4, -0.2) is 37.2 Å². The number of nitrogens with one attached hydrogen (secondary N) is 1. The van der Waals surface area contributed by atoms with Crippen LogP contribution in [0.25, 0.3) is 0 Å². The van der Waals surface area contributed by atoms with E-state index >= 15 is 0 Å². The van der Waals surface area contributed by atoms with Gasteiger partial charge in [-0.2, -0.15) is 0 Å². The molecule has 3 rings (SSSR count). The Morgan fingerprint density at radius 2 is 1.89 bits per heavy atom. The number of fused-ring (bicyclic) bond motifs is 1. The van der Waals surface area contributed by atoms with Crippen LogP contribution in [0.2, 0.25) is 0 Å². The standard InChI is InChI=1S/C20H27N5O2.HI/c1-3-25(4-2)19-9-6-15(13-22-19)14-23-20(21)24-16-7-8-17-18(12-16)27-11-5-10-26-17;/h6-9,12-13H,3-5,10-11,14H2,1-2H3,(H3,21,23,24);1H. The summed E-state index contributed by atoms with van der Waals surface area (Å²) >= 11 is 0. The molecule has 0 aliphatic carbocycles. The van der Waals surface area contributed by atoms with E-state index in [1.54, 1.807) is 0 Å². The summed E-state index contributed by atoms with van der Waals surface area (Å²) in [5.41, 5.74) is 7.84. The van der Waals surface area contributed by atoms with Crippen molar-refractivity contribution in [2.75, 3.05) is 36.5 Å². The van der Waals surface area contributed by atoms with Crippen LogP contribution in [0.4, 0.5) is 11.5 Å². The van der Waals surface area contributed by atoms with Crippen LogP contribution in [0, 0.1) is 0 Å². The van der Waals surface area contributed by atoms with Gasteiger partial charge in [0, 0.05) is 37.5 Å². The number of anilines is 2. The van der Waals surface area contributed by atoms with Crippen LogP contribution in [0.3, 0.4) is 0 Å². The first-order valence-electron chi connectivity index (χ1n) is 9.36. The third-order valence-corrected chi connectivity index (χ3v) is 4.35. The number of benzene rings is 1. The minimum atomic E-state index is 0. The SMILES string of the molecule is CCN(CC)c1ccc(CN=C(N)Nc2ccc3c(c2)OCCCO3)cn1.I. The van der Waals surface area contributed by atoms with E-state index in [1.165, 1.54) is 0 Å². The molecule has 2 heterocycles. The Hall–Kier alpha value is -2.23. The van der Waals surface area contributed by atoms with Crippen LogP contribution in [0.5, 0.6) is 11.5 Å². The molecule has 152 valence electrons. The van der Waals surface area contributed by atoms with E-state index in [0.717, 1.165) is 48.1 Å². The molecule has 0 saturated carbocycles. The minimum absolute atomic E-state index is 0. The molecule has 0 atom stereocenters. The molecule has 1 aliphatic heterocycles. The number of hydrogen-bond donors (Lipinski definition) is 2. The van der Waals surface area contributed by atoms with E-state index in [0.29, 0.717) is 25.7 Å². The van der Waals surface area contributed by atoms with E-state index in [2.05, 4.69) is 34.0 Å². The first-order chi connectivity index (χ1) is 13.2. The predicted octanol–water partition coefficient (Wildman–Crippen LogP) is 3.63. The first-order valence-corrected chi connectivity index (χ1v) is 9.36. The van der Waals surface area contributed by atoms with Gasteiger partial charge in [0.05, 0.1) is 19.8 Å². The number of aromatic nitrogens is 1. The Balaban J connectivity index is 0.00000280. The zero-order valence-electron chi connectivity index (χ0n) is 16.4. The molecule has 1 aliphatic rings. The lowest BCUT2D eigenvalue weighted by atomic mass is 10.2. The zero-order chi connectivity index (χ0) is 19.1. The van der Waals surface area contributed by atoms with Crippen molar-refractivity contribution >= 4 is 41.4 Å². The van der Waals surface area contributed by atoms with Gasteiger partial charge in [-0.3, -0.25) is 0 Å². The Kier molecular flexibility index (Phi) is 8.62. The summed E-state index contributed by atoms with van der Waals surface area (Å²) in [5.74, 6) is 2.80.